The van der Waals surface area contributed by atoms with Gasteiger partial charge in [-0.2, -0.15) is 0 Å². The Labute approximate surface area is 85.6 Å². The highest BCUT2D eigenvalue weighted by Gasteiger charge is 2.33. The largest absolute Gasteiger partial charge is 0.355 e. The lowest BCUT2D eigenvalue weighted by Crippen LogP contribution is -2.45. The van der Waals surface area contributed by atoms with Crippen molar-refractivity contribution in [2.24, 2.45) is 5.41 Å². The van der Waals surface area contributed by atoms with Gasteiger partial charge in [-0.1, -0.05) is 6.92 Å². The predicted molar refractivity (Wildman–Crippen MR) is 56.7 cm³/mol. The van der Waals surface area contributed by atoms with Crippen LogP contribution in [0.3, 0.4) is 0 Å². The summed E-state index contributed by atoms with van der Waals surface area (Å²) in [6, 6.07) is 0. The number of terminal acetylenes is 1. The molecule has 0 aromatic carbocycles. The van der Waals surface area contributed by atoms with E-state index >= 15 is 0 Å². The molecule has 1 amide bonds. The van der Waals surface area contributed by atoms with Crippen molar-refractivity contribution < 1.29 is 4.79 Å². The van der Waals surface area contributed by atoms with E-state index in [9.17, 15) is 4.79 Å². The van der Waals surface area contributed by atoms with Gasteiger partial charge in [-0.05, 0) is 25.9 Å². The van der Waals surface area contributed by atoms with Crippen molar-refractivity contribution in [3.63, 3.8) is 0 Å². The smallest absolute Gasteiger partial charge is 0.226 e. The van der Waals surface area contributed by atoms with Crippen LogP contribution in [0, 0.1) is 17.8 Å². The number of amides is 1. The van der Waals surface area contributed by atoms with E-state index in [-0.39, 0.29) is 11.3 Å². The Morgan fingerprint density at radius 2 is 2.21 bits per heavy atom. The molecule has 0 aromatic rings. The van der Waals surface area contributed by atoms with Crippen LogP contribution in [0.1, 0.15) is 26.2 Å². The van der Waals surface area contributed by atoms with Gasteiger partial charge in [0.1, 0.15) is 0 Å². The fraction of sp³-hybridized carbons (Fsp3) is 0.727. The minimum absolute atomic E-state index is 0.147. The van der Waals surface area contributed by atoms with Crippen LogP contribution >= 0.6 is 0 Å². The van der Waals surface area contributed by atoms with Crippen LogP contribution < -0.4 is 10.6 Å². The SMILES string of the molecule is C#CCCNC(=O)C1(C)CCNCC1. The molecule has 1 heterocycles. The van der Waals surface area contributed by atoms with Crippen molar-refractivity contribution in [3.05, 3.63) is 0 Å². The van der Waals surface area contributed by atoms with E-state index < -0.39 is 0 Å². The molecule has 3 nitrogen and oxygen atoms in total. The second-order valence-electron chi connectivity index (χ2n) is 4.02. The molecule has 1 aliphatic heterocycles. The molecule has 1 rings (SSSR count). The van der Waals surface area contributed by atoms with E-state index in [0.29, 0.717) is 13.0 Å². The molecule has 78 valence electrons. The average Bonchev–Trinajstić information content (AvgIpc) is 2.19. The molecule has 2 N–H and O–H groups in total. The Kier molecular flexibility index (Phi) is 3.97. The highest BCUT2D eigenvalue weighted by molar-refractivity contribution is 5.82. The van der Waals surface area contributed by atoms with Gasteiger partial charge in [0.2, 0.25) is 5.91 Å². The third kappa shape index (κ3) is 2.74. The number of rotatable bonds is 3. The van der Waals surface area contributed by atoms with Crippen LogP contribution in [-0.2, 0) is 4.79 Å². The first kappa shape index (κ1) is 11.1. The van der Waals surface area contributed by atoms with Crippen molar-refractivity contribution in [1.29, 1.82) is 0 Å². The Bertz CT molecular complexity index is 236. The second kappa shape index (κ2) is 5.02. The molecule has 1 aliphatic rings. The van der Waals surface area contributed by atoms with Gasteiger partial charge >= 0.3 is 0 Å². The summed E-state index contributed by atoms with van der Waals surface area (Å²) in [7, 11) is 0. The summed E-state index contributed by atoms with van der Waals surface area (Å²) >= 11 is 0. The molecule has 0 saturated carbocycles. The first-order valence-corrected chi connectivity index (χ1v) is 5.11. The van der Waals surface area contributed by atoms with Gasteiger partial charge < -0.3 is 10.6 Å². The molecule has 0 radical (unpaired) electrons. The van der Waals surface area contributed by atoms with E-state index in [2.05, 4.69) is 16.6 Å². The van der Waals surface area contributed by atoms with Crippen molar-refractivity contribution in [2.45, 2.75) is 26.2 Å². The van der Waals surface area contributed by atoms with Crippen LogP contribution in [0.2, 0.25) is 0 Å². The molecule has 14 heavy (non-hydrogen) atoms. The van der Waals surface area contributed by atoms with Crippen molar-refractivity contribution in [2.75, 3.05) is 19.6 Å². The zero-order valence-corrected chi connectivity index (χ0v) is 8.73. The molecule has 0 unspecified atom stereocenters. The number of piperidine rings is 1. The quantitative estimate of drug-likeness (QED) is 0.508. The highest BCUT2D eigenvalue weighted by atomic mass is 16.2. The molecule has 0 spiro atoms. The lowest BCUT2D eigenvalue weighted by Gasteiger charge is -2.32. The normalized spacial score (nSPS) is 19.7. The summed E-state index contributed by atoms with van der Waals surface area (Å²) in [5.41, 5.74) is -0.195. The molecular weight excluding hydrogens is 176 g/mol. The van der Waals surface area contributed by atoms with Crippen molar-refractivity contribution in [3.8, 4) is 12.3 Å². The molecule has 0 atom stereocenters. The zero-order valence-electron chi connectivity index (χ0n) is 8.73. The monoisotopic (exact) mass is 194 g/mol. The number of carbonyl (C=O) groups is 1. The highest BCUT2D eigenvalue weighted by Crippen LogP contribution is 2.27. The van der Waals surface area contributed by atoms with E-state index in [0.717, 1.165) is 25.9 Å². The maximum Gasteiger partial charge on any atom is 0.226 e. The minimum Gasteiger partial charge on any atom is -0.355 e. The third-order valence-corrected chi connectivity index (χ3v) is 2.81. The van der Waals surface area contributed by atoms with Crippen LogP contribution in [0.25, 0.3) is 0 Å². The van der Waals surface area contributed by atoms with Crippen molar-refractivity contribution in [1.82, 2.24) is 10.6 Å². The summed E-state index contributed by atoms with van der Waals surface area (Å²) in [6.07, 6.45) is 7.55. The molecule has 1 saturated heterocycles. The predicted octanol–water partition coefficient (Wildman–Crippen LogP) is 0.516. The lowest BCUT2D eigenvalue weighted by molar-refractivity contribution is -0.131. The van der Waals surface area contributed by atoms with Gasteiger partial charge in [-0.25, -0.2) is 0 Å². The van der Waals surface area contributed by atoms with Crippen LogP contribution in [0.4, 0.5) is 0 Å². The number of nitrogens with one attached hydrogen (secondary N) is 2. The Morgan fingerprint density at radius 1 is 1.57 bits per heavy atom. The standard InChI is InChI=1S/C11H18N2O/c1-3-4-7-13-10(14)11(2)5-8-12-9-6-11/h1,12H,4-9H2,2H3,(H,13,14). The van der Waals surface area contributed by atoms with Gasteiger partial charge in [-0.3, -0.25) is 4.79 Å². The maximum absolute atomic E-state index is 11.8. The van der Waals surface area contributed by atoms with Gasteiger partial charge in [0.25, 0.3) is 0 Å². The fourth-order valence-electron chi connectivity index (χ4n) is 1.67. The molecule has 1 fully saturated rings. The summed E-state index contributed by atoms with van der Waals surface area (Å²) in [4.78, 5) is 11.8. The average molecular weight is 194 g/mol. The number of hydrogen-bond acceptors (Lipinski definition) is 2. The van der Waals surface area contributed by atoms with Crippen molar-refractivity contribution >= 4 is 5.91 Å². The maximum atomic E-state index is 11.8. The Balaban J connectivity index is 2.38. The lowest BCUT2D eigenvalue weighted by atomic mass is 9.80. The van der Waals surface area contributed by atoms with Gasteiger partial charge in [-0.15, -0.1) is 12.3 Å². The Morgan fingerprint density at radius 3 is 2.79 bits per heavy atom. The third-order valence-electron chi connectivity index (χ3n) is 2.81. The van der Waals surface area contributed by atoms with Gasteiger partial charge in [0.15, 0.2) is 0 Å². The first-order valence-electron chi connectivity index (χ1n) is 5.11. The zero-order chi connectivity index (χ0) is 10.4. The summed E-state index contributed by atoms with van der Waals surface area (Å²) in [5.74, 6) is 2.66. The second-order valence-corrected chi connectivity index (χ2v) is 4.02. The van der Waals surface area contributed by atoms with Crippen LogP contribution in [-0.4, -0.2) is 25.5 Å². The number of carbonyl (C=O) groups excluding carboxylic acids is 1. The molecule has 0 aliphatic carbocycles. The van der Waals surface area contributed by atoms with Crippen LogP contribution in [0.15, 0.2) is 0 Å². The summed E-state index contributed by atoms with van der Waals surface area (Å²) in [5, 5.41) is 6.13. The van der Waals surface area contributed by atoms with Crippen LogP contribution in [0.5, 0.6) is 0 Å². The summed E-state index contributed by atoms with van der Waals surface area (Å²) in [6.45, 7) is 4.48. The summed E-state index contributed by atoms with van der Waals surface area (Å²) < 4.78 is 0. The number of hydrogen-bond donors (Lipinski definition) is 2. The topological polar surface area (TPSA) is 41.1 Å². The fourth-order valence-corrected chi connectivity index (χ4v) is 1.67. The molecule has 0 aromatic heterocycles. The van der Waals surface area contributed by atoms with E-state index in [1.165, 1.54) is 0 Å². The van der Waals surface area contributed by atoms with E-state index in [1.54, 1.807) is 0 Å². The van der Waals surface area contributed by atoms with E-state index in [1.807, 2.05) is 6.92 Å². The molecule has 0 bridgehead atoms. The van der Waals surface area contributed by atoms with Gasteiger partial charge in [0.05, 0.1) is 0 Å². The minimum atomic E-state index is -0.195. The molecular formula is C11H18N2O. The Hall–Kier alpha value is -1.01. The molecule has 3 heteroatoms. The first-order chi connectivity index (χ1) is 6.69. The van der Waals surface area contributed by atoms with Gasteiger partial charge in [0, 0.05) is 18.4 Å². The van der Waals surface area contributed by atoms with E-state index in [4.69, 9.17) is 6.42 Å².